The Morgan fingerprint density at radius 3 is 2.38 bits per heavy atom. The number of amides is 2. The van der Waals surface area contributed by atoms with Gasteiger partial charge in [-0.2, -0.15) is 0 Å². The second-order valence-corrected chi connectivity index (χ2v) is 10.8. The minimum Gasteiger partial charge on any atom is -0.482 e. The lowest BCUT2D eigenvalue weighted by Gasteiger charge is -2.41. The Bertz CT molecular complexity index is 1250. The molecule has 1 saturated heterocycles. The number of halogens is 1. The smallest absolute Gasteiger partial charge is 0.410 e. The van der Waals surface area contributed by atoms with Gasteiger partial charge in [0.15, 0.2) is 11.4 Å². The maximum Gasteiger partial charge on any atom is 0.410 e. The van der Waals surface area contributed by atoms with E-state index in [0.717, 1.165) is 0 Å². The fourth-order valence-corrected chi connectivity index (χ4v) is 4.37. The number of methoxy groups -OCH3 is 1. The van der Waals surface area contributed by atoms with Crippen LogP contribution in [0.25, 0.3) is 0 Å². The molecule has 2 N–H and O–H groups in total. The van der Waals surface area contributed by atoms with Gasteiger partial charge in [0.05, 0.1) is 7.11 Å². The molecule has 0 unspecified atom stereocenters. The molecule has 1 aliphatic heterocycles. The fraction of sp³-hybridized carbons (Fsp3) is 0.500. The van der Waals surface area contributed by atoms with E-state index in [9.17, 15) is 18.8 Å². The molecule has 0 bridgehead atoms. The van der Waals surface area contributed by atoms with Crippen molar-refractivity contribution in [2.45, 2.75) is 59.3 Å². The van der Waals surface area contributed by atoms with Crippen LogP contribution in [-0.4, -0.2) is 77.7 Å². The van der Waals surface area contributed by atoms with E-state index in [-0.39, 0.29) is 29.3 Å². The number of pyridine rings is 1. The van der Waals surface area contributed by atoms with Crippen molar-refractivity contribution in [1.29, 1.82) is 0 Å². The zero-order chi connectivity index (χ0) is 29.1. The molecule has 0 aliphatic carbocycles. The van der Waals surface area contributed by atoms with Gasteiger partial charge in [-0.1, -0.05) is 12.1 Å². The van der Waals surface area contributed by atoms with Crippen molar-refractivity contribution >= 4 is 18.0 Å². The van der Waals surface area contributed by atoms with Gasteiger partial charge >= 0.3 is 12.1 Å². The second kappa shape index (κ2) is 12.0. The van der Waals surface area contributed by atoms with E-state index in [1.54, 1.807) is 30.9 Å². The summed E-state index contributed by atoms with van der Waals surface area (Å²) in [7, 11) is 1.19. The summed E-state index contributed by atoms with van der Waals surface area (Å²) < 4.78 is 31.3. The Kier molecular flexibility index (Phi) is 9.16. The molecule has 3 rings (SSSR count). The summed E-state index contributed by atoms with van der Waals surface area (Å²) in [5.74, 6) is -1.91. The summed E-state index contributed by atoms with van der Waals surface area (Å²) in [6.07, 6.45) is -1.09. The van der Waals surface area contributed by atoms with Crippen molar-refractivity contribution in [3.63, 3.8) is 0 Å². The maximum atomic E-state index is 14.6. The Labute approximate surface area is 228 Å². The molecule has 2 atom stereocenters. The molecule has 39 heavy (non-hydrogen) atoms. The van der Waals surface area contributed by atoms with Crippen molar-refractivity contribution in [3.8, 4) is 5.75 Å². The van der Waals surface area contributed by atoms with Crippen molar-refractivity contribution in [2.24, 2.45) is 5.73 Å². The van der Waals surface area contributed by atoms with Crippen LogP contribution in [-0.2, 0) is 9.47 Å². The summed E-state index contributed by atoms with van der Waals surface area (Å²) in [4.78, 5) is 44.9. The average Bonchev–Trinajstić information content (AvgIpc) is 2.83. The van der Waals surface area contributed by atoms with Gasteiger partial charge in [-0.3, -0.25) is 9.69 Å². The molecule has 2 amide bonds. The van der Waals surface area contributed by atoms with Crippen LogP contribution in [0.1, 0.15) is 71.5 Å². The molecule has 1 fully saturated rings. The normalized spacial score (nSPS) is 16.9. The minimum atomic E-state index is -0.805. The highest BCUT2D eigenvalue weighted by atomic mass is 19.1. The summed E-state index contributed by atoms with van der Waals surface area (Å²) in [6.45, 7) is 12.5. The molecule has 10 nitrogen and oxygen atoms in total. The van der Waals surface area contributed by atoms with Crippen molar-refractivity contribution in [1.82, 2.24) is 14.8 Å². The molecule has 2 heterocycles. The quantitative estimate of drug-likeness (QED) is 0.522. The maximum absolute atomic E-state index is 14.6. The van der Waals surface area contributed by atoms with Gasteiger partial charge in [-0.05, 0) is 70.4 Å². The average molecular weight is 545 g/mol. The number of esters is 1. The van der Waals surface area contributed by atoms with Crippen molar-refractivity contribution < 1.29 is 33.0 Å². The summed E-state index contributed by atoms with van der Waals surface area (Å²) >= 11 is 0. The Hall–Kier alpha value is -3.73. The molecule has 0 radical (unpaired) electrons. The standard InChI is InChI=1S/C28H37FN4O6/c1-16-8-9-19(13-20(16)29)22(15-32-10-11-33(18(3)14-32)27(36)39-28(4,5)6)38-21-12-17(2)23(25(30)34)31-24(21)26(35)37-7/h8-9,12-13,18,22H,10-11,14-15H2,1-7H3,(H2,30,34)/t18-,22-/m1/s1. The van der Waals surface area contributed by atoms with Crippen molar-refractivity contribution in [3.05, 3.63) is 58.2 Å². The number of hydrogen-bond donors (Lipinski definition) is 1. The predicted octanol–water partition coefficient (Wildman–Crippen LogP) is 3.78. The zero-order valence-electron chi connectivity index (χ0n) is 23.5. The topological polar surface area (TPSA) is 124 Å². The van der Waals surface area contributed by atoms with E-state index in [1.807, 2.05) is 27.7 Å². The number of aryl methyl sites for hydroxylation is 2. The number of nitrogens with zero attached hydrogens (tertiary/aromatic N) is 3. The molecule has 1 aromatic carbocycles. The zero-order valence-corrected chi connectivity index (χ0v) is 23.5. The fourth-order valence-electron chi connectivity index (χ4n) is 4.37. The number of rotatable bonds is 7. The number of ether oxygens (including phenoxy) is 3. The van der Waals surface area contributed by atoms with Crippen LogP contribution in [0.4, 0.5) is 9.18 Å². The highest BCUT2D eigenvalue weighted by Gasteiger charge is 2.33. The third kappa shape index (κ3) is 7.44. The summed E-state index contributed by atoms with van der Waals surface area (Å²) in [6, 6.07) is 6.17. The highest BCUT2D eigenvalue weighted by molar-refractivity contribution is 5.96. The second-order valence-electron chi connectivity index (χ2n) is 10.8. The van der Waals surface area contributed by atoms with Gasteiger partial charge in [-0.25, -0.2) is 19.0 Å². The Balaban J connectivity index is 1.91. The number of primary amides is 1. The van der Waals surface area contributed by atoms with Gasteiger partial charge in [-0.15, -0.1) is 0 Å². The molecular weight excluding hydrogens is 507 g/mol. The summed E-state index contributed by atoms with van der Waals surface area (Å²) in [5, 5.41) is 0. The van der Waals surface area contributed by atoms with Crippen molar-refractivity contribution in [2.75, 3.05) is 33.3 Å². The number of nitrogens with two attached hydrogens (primary N) is 1. The first kappa shape index (κ1) is 29.8. The van der Waals surface area contributed by atoms with Crippen LogP contribution in [0, 0.1) is 19.7 Å². The lowest BCUT2D eigenvalue weighted by Crippen LogP contribution is -2.55. The lowest BCUT2D eigenvalue weighted by atomic mass is 10.0. The van der Waals surface area contributed by atoms with E-state index < -0.39 is 29.4 Å². The number of aromatic nitrogens is 1. The Morgan fingerprint density at radius 1 is 1.13 bits per heavy atom. The third-order valence-corrected chi connectivity index (χ3v) is 6.39. The van der Waals surface area contributed by atoms with Gasteiger partial charge < -0.3 is 24.8 Å². The van der Waals surface area contributed by atoms with Crippen LogP contribution in [0.2, 0.25) is 0 Å². The van der Waals surface area contributed by atoms with E-state index in [4.69, 9.17) is 19.9 Å². The van der Waals surface area contributed by atoms with Crippen LogP contribution < -0.4 is 10.5 Å². The first-order chi connectivity index (χ1) is 18.2. The highest BCUT2D eigenvalue weighted by Crippen LogP contribution is 2.30. The molecule has 212 valence electrons. The monoisotopic (exact) mass is 544 g/mol. The van der Waals surface area contributed by atoms with Crippen LogP contribution >= 0.6 is 0 Å². The Morgan fingerprint density at radius 2 is 1.82 bits per heavy atom. The number of hydrogen-bond acceptors (Lipinski definition) is 8. The first-order valence-electron chi connectivity index (χ1n) is 12.7. The van der Waals surface area contributed by atoms with Crippen LogP contribution in [0.5, 0.6) is 5.75 Å². The van der Waals surface area contributed by atoms with Gasteiger partial charge in [0.25, 0.3) is 5.91 Å². The molecule has 1 aromatic heterocycles. The summed E-state index contributed by atoms with van der Waals surface area (Å²) in [5.41, 5.74) is 5.98. The molecule has 0 spiro atoms. The number of piperazine rings is 1. The van der Waals surface area contributed by atoms with E-state index in [2.05, 4.69) is 9.88 Å². The molecule has 1 aliphatic rings. The third-order valence-electron chi connectivity index (χ3n) is 6.39. The van der Waals surface area contributed by atoms with Gasteiger partial charge in [0.1, 0.15) is 23.2 Å². The first-order valence-corrected chi connectivity index (χ1v) is 12.7. The number of benzene rings is 1. The van der Waals surface area contributed by atoms with E-state index in [1.165, 1.54) is 19.2 Å². The van der Waals surface area contributed by atoms with E-state index >= 15 is 0 Å². The van der Waals surface area contributed by atoms with Crippen LogP contribution in [0.15, 0.2) is 24.3 Å². The SMILES string of the molecule is COC(=O)c1nc(C(N)=O)c(C)cc1O[C@H](CN1CCN(C(=O)OC(C)(C)C)[C@H](C)C1)c1ccc(C)c(F)c1. The number of carbonyl (C=O) groups is 3. The molecular formula is C28H37FN4O6. The molecule has 2 aromatic rings. The molecule has 11 heteroatoms. The van der Waals surface area contributed by atoms with E-state index in [0.29, 0.717) is 42.9 Å². The molecule has 0 saturated carbocycles. The van der Waals surface area contributed by atoms with Crippen LogP contribution in [0.3, 0.4) is 0 Å². The largest absolute Gasteiger partial charge is 0.482 e. The lowest BCUT2D eigenvalue weighted by molar-refractivity contribution is -0.00303. The predicted molar refractivity (Wildman–Crippen MR) is 142 cm³/mol. The van der Waals surface area contributed by atoms with Gasteiger partial charge in [0, 0.05) is 32.2 Å². The number of carbonyl (C=O) groups excluding carboxylic acids is 3. The minimum absolute atomic E-state index is 0.0761. The van der Waals surface area contributed by atoms with Gasteiger partial charge in [0.2, 0.25) is 0 Å².